The smallest absolute Gasteiger partial charge is 0.408 e. The zero-order valence-corrected chi connectivity index (χ0v) is 19.8. The van der Waals surface area contributed by atoms with Gasteiger partial charge in [-0.2, -0.15) is 0 Å². The van der Waals surface area contributed by atoms with Crippen LogP contribution in [-0.2, 0) is 16.0 Å². The van der Waals surface area contributed by atoms with Gasteiger partial charge < -0.3 is 24.6 Å². The van der Waals surface area contributed by atoms with Crippen LogP contribution in [0.1, 0.15) is 26.3 Å². The minimum Gasteiger partial charge on any atom is -0.480 e. The number of amides is 1. The predicted octanol–water partition coefficient (Wildman–Crippen LogP) is 6.45. The van der Waals surface area contributed by atoms with Crippen LogP contribution in [0.2, 0.25) is 5.02 Å². The van der Waals surface area contributed by atoms with E-state index in [1.807, 2.05) is 0 Å². The van der Waals surface area contributed by atoms with Crippen LogP contribution in [0.3, 0.4) is 0 Å². The molecular weight excluding hydrogens is 458 g/mol. The van der Waals surface area contributed by atoms with Crippen LogP contribution in [0.5, 0.6) is 23.0 Å². The predicted molar refractivity (Wildman–Crippen MR) is 129 cm³/mol. The number of nitrogens with one attached hydrogen (secondary N) is 1. The maximum Gasteiger partial charge on any atom is 0.408 e. The third-order valence-corrected chi connectivity index (χ3v) is 4.71. The second-order valence-electron chi connectivity index (χ2n) is 8.51. The number of alkyl carbamates (subject to hydrolysis) is 1. The quantitative estimate of drug-likeness (QED) is 0.382. The van der Waals surface area contributed by atoms with Gasteiger partial charge in [0, 0.05) is 11.4 Å². The molecule has 0 spiro atoms. The molecule has 178 valence electrons. The van der Waals surface area contributed by atoms with E-state index in [1.165, 1.54) is 0 Å². The van der Waals surface area contributed by atoms with E-state index < -0.39 is 23.7 Å². The molecule has 0 fully saturated rings. The number of halogens is 1. The maximum atomic E-state index is 11.9. The van der Waals surface area contributed by atoms with Gasteiger partial charge in [-0.05, 0) is 87.0 Å². The Morgan fingerprint density at radius 1 is 0.824 bits per heavy atom. The van der Waals surface area contributed by atoms with Crippen molar-refractivity contribution in [1.29, 1.82) is 0 Å². The van der Waals surface area contributed by atoms with Gasteiger partial charge in [0.2, 0.25) is 0 Å². The Labute approximate surface area is 203 Å². The maximum absolute atomic E-state index is 11.9. The average Bonchev–Trinajstić information content (AvgIpc) is 2.76. The summed E-state index contributed by atoms with van der Waals surface area (Å²) in [4.78, 5) is 23.5. The van der Waals surface area contributed by atoms with Gasteiger partial charge in [0.15, 0.2) is 0 Å². The Bertz CT molecular complexity index is 1110. The first-order valence-corrected chi connectivity index (χ1v) is 11.0. The number of carboxylic acids is 1. The first-order valence-electron chi connectivity index (χ1n) is 10.6. The van der Waals surface area contributed by atoms with Gasteiger partial charge in [0.25, 0.3) is 0 Å². The highest BCUT2D eigenvalue weighted by Gasteiger charge is 2.24. The molecule has 3 aromatic carbocycles. The Morgan fingerprint density at radius 3 is 1.65 bits per heavy atom. The standard InChI is InChI=1S/C26H26ClNO6/c1-26(2,3)34-25(31)28-23(24(29)30)16-17-4-8-19(9-5-17)32-21-12-14-22(15-13-21)33-20-10-6-18(27)7-11-20/h4-15,23H,16H2,1-3H3,(H,28,31)(H,29,30)/t23-/m0/s1. The van der Waals surface area contributed by atoms with Gasteiger partial charge in [0.1, 0.15) is 34.6 Å². The molecule has 0 aliphatic heterocycles. The SMILES string of the molecule is CC(C)(C)OC(=O)N[C@@H](Cc1ccc(Oc2ccc(Oc3ccc(Cl)cc3)cc2)cc1)C(=O)O. The Balaban J connectivity index is 1.56. The molecule has 7 nitrogen and oxygen atoms in total. The van der Waals surface area contributed by atoms with Crippen LogP contribution in [0, 0.1) is 0 Å². The van der Waals surface area contributed by atoms with Gasteiger partial charge in [0.05, 0.1) is 0 Å². The highest BCUT2D eigenvalue weighted by atomic mass is 35.5. The molecule has 34 heavy (non-hydrogen) atoms. The lowest BCUT2D eigenvalue weighted by atomic mass is 10.1. The normalized spacial score (nSPS) is 11.9. The van der Waals surface area contributed by atoms with Gasteiger partial charge >= 0.3 is 12.1 Å². The monoisotopic (exact) mass is 483 g/mol. The van der Waals surface area contributed by atoms with Gasteiger partial charge in [-0.3, -0.25) is 0 Å². The van der Waals surface area contributed by atoms with Crippen LogP contribution in [0.4, 0.5) is 4.79 Å². The van der Waals surface area contributed by atoms with E-state index in [-0.39, 0.29) is 6.42 Å². The van der Waals surface area contributed by atoms with E-state index in [0.29, 0.717) is 28.0 Å². The fourth-order valence-electron chi connectivity index (χ4n) is 2.93. The van der Waals surface area contributed by atoms with Crippen molar-refractivity contribution in [2.75, 3.05) is 0 Å². The first-order chi connectivity index (χ1) is 16.1. The fraction of sp³-hybridized carbons (Fsp3) is 0.231. The van der Waals surface area contributed by atoms with Crippen molar-refractivity contribution in [2.24, 2.45) is 0 Å². The summed E-state index contributed by atoms with van der Waals surface area (Å²) >= 11 is 5.88. The van der Waals surface area contributed by atoms with Crippen LogP contribution in [0.15, 0.2) is 72.8 Å². The van der Waals surface area contributed by atoms with Crippen molar-refractivity contribution < 1.29 is 28.9 Å². The summed E-state index contributed by atoms with van der Waals surface area (Å²) in [6, 6.07) is 20.1. The molecule has 0 heterocycles. The van der Waals surface area contributed by atoms with Crippen molar-refractivity contribution >= 4 is 23.7 Å². The summed E-state index contributed by atoms with van der Waals surface area (Å²) in [6.45, 7) is 5.13. The highest BCUT2D eigenvalue weighted by Crippen LogP contribution is 2.27. The first kappa shape index (κ1) is 24.9. The molecule has 0 radical (unpaired) electrons. The lowest BCUT2D eigenvalue weighted by Gasteiger charge is -2.22. The van der Waals surface area contributed by atoms with Crippen molar-refractivity contribution in [2.45, 2.75) is 38.8 Å². The molecule has 0 aliphatic rings. The number of ether oxygens (including phenoxy) is 3. The Kier molecular flexibility index (Phi) is 8.02. The minimum absolute atomic E-state index is 0.103. The van der Waals surface area contributed by atoms with Gasteiger partial charge in [-0.15, -0.1) is 0 Å². The summed E-state index contributed by atoms with van der Waals surface area (Å²) < 4.78 is 16.8. The van der Waals surface area contributed by atoms with Crippen LogP contribution in [-0.4, -0.2) is 28.8 Å². The summed E-state index contributed by atoms with van der Waals surface area (Å²) in [5.41, 5.74) is 0.00858. The van der Waals surface area contributed by atoms with Crippen molar-refractivity contribution in [1.82, 2.24) is 5.32 Å². The molecule has 3 aromatic rings. The lowest BCUT2D eigenvalue weighted by molar-refractivity contribution is -0.139. The number of aliphatic carboxylic acids is 1. The number of carbonyl (C=O) groups is 2. The molecule has 0 saturated carbocycles. The zero-order chi connectivity index (χ0) is 24.7. The molecule has 1 atom stereocenters. The molecular formula is C26H26ClNO6. The molecule has 0 aliphatic carbocycles. The third kappa shape index (κ3) is 8.01. The molecule has 0 unspecified atom stereocenters. The number of benzene rings is 3. The highest BCUT2D eigenvalue weighted by molar-refractivity contribution is 6.30. The average molecular weight is 484 g/mol. The van der Waals surface area contributed by atoms with Crippen LogP contribution >= 0.6 is 11.6 Å². The second-order valence-corrected chi connectivity index (χ2v) is 8.95. The van der Waals surface area contributed by atoms with Gasteiger partial charge in [-0.25, -0.2) is 9.59 Å². The molecule has 0 bridgehead atoms. The molecule has 8 heteroatoms. The van der Waals surface area contributed by atoms with Crippen molar-refractivity contribution in [3.63, 3.8) is 0 Å². The lowest BCUT2D eigenvalue weighted by Crippen LogP contribution is -2.44. The summed E-state index contributed by atoms with van der Waals surface area (Å²) in [5.74, 6) is 1.39. The Hall–Kier alpha value is -3.71. The Morgan fingerprint density at radius 2 is 1.24 bits per heavy atom. The number of carboxylic acid groups (broad SMARTS) is 1. The number of hydrogen-bond donors (Lipinski definition) is 2. The molecule has 0 aromatic heterocycles. The number of carbonyl (C=O) groups excluding carboxylic acids is 1. The van der Waals surface area contributed by atoms with E-state index in [0.717, 1.165) is 5.56 Å². The van der Waals surface area contributed by atoms with Crippen LogP contribution in [0.25, 0.3) is 0 Å². The van der Waals surface area contributed by atoms with E-state index in [2.05, 4.69) is 5.32 Å². The van der Waals surface area contributed by atoms with E-state index in [9.17, 15) is 14.7 Å². The number of rotatable bonds is 8. The topological polar surface area (TPSA) is 94.1 Å². The van der Waals surface area contributed by atoms with E-state index >= 15 is 0 Å². The largest absolute Gasteiger partial charge is 0.480 e. The molecule has 1 amide bonds. The fourth-order valence-corrected chi connectivity index (χ4v) is 3.06. The zero-order valence-electron chi connectivity index (χ0n) is 19.1. The summed E-state index contributed by atoms with van der Waals surface area (Å²) in [7, 11) is 0. The summed E-state index contributed by atoms with van der Waals surface area (Å²) in [5, 5.41) is 12.5. The van der Waals surface area contributed by atoms with Crippen molar-refractivity contribution in [3.05, 3.63) is 83.4 Å². The number of hydrogen-bond acceptors (Lipinski definition) is 5. The van der Waals surface area contributed by atoms with E-state index in [1.54, 1.807) is 93.6 Å². The second kappa shape index (κ2) is 10.9. The van der Waals surface area contributed by atoms with E-state index in [4.69, 9.17) is 25.8 Å². The third-order valence-electron chi connectivity index (χ3n) is 4.46. The minimum atomic E-state index is -1.15. The van der Waals surface area contributed by atoms with Crippen LogP contribution < -0.4 is 14.8 Å². The van der Waals surface area contributed by atoms with Gasteiger partial charge in [-0.1, -0.05) is 23.7 Å². The molecule has 0 saturated heterocycles. The summed E-state index contributed by atoms with van der Waals surface area (Å²) in [6.07, 6.45) is -0.672. The molecule has 3 rings (SSSR count). The van der Waals surface area contributed by atoms with Crippen molar-refractivity contribution in [3.8, 4) is 23.0 Å². The molecule has 2 N–H and O–H groups in total.